The maximum Gasteiger partial charge on any atom is 0.126 e. The van der Waals surface area contributed by atoms with Gasteiger partial charge in [-0.15, -0.1) is 0 Å². The van der Waals surface area contributed by atoms with Gasteiger partial charge in [-0.25, -0.2) is 8.78 Å². The van der Waals surface area contributed by atoms with Gasteiger partial charge in [0.05, 0.1) is 12.1 Å². The van der Waals surface area contributed by atoms with Crippen molar-refractivity contribution in [2.24, 2.45) is 0 Å². The molecule has 0 saturated carbocycles. The van der Waals surface area contributed by atoms with Gasteiger partial charge in [-0.3, -0.25) is 5.32 Å². The van der Waals surface area contributed by atoms with Crippen LogP contribution in [0.4, 0.5) is 14.5 Å². The molecular weight excluding hydrogens is 370 g/mol. The van der Waals surface area contributed by atoms with Crippen molar-refractivity contribution in [1.29, 1.82) is 0 Å². The van der Waals surface area contributed by atoms with Gasteiger partial charge in [0.1, 0.15) is 17.4 Å². The third kappa shape index (κ3) is 5.55. The number of hydrogen-bond acceptors (Lipinski definition) is 3. The number of ether oxygens (including phenoxy) is 1. The number of anilines is 1. The van der Waals surface area contributed by atoms with Crippen LogP contribution in [0, 0.1) is 11.6 Å². The molecule has 0 bridgehead atoms. The highest BCUT2D eigenvalue weighted by atomic mass is 19.1. The Morgan fingerprint density at radius 1 is 0.793 bits per heavy atom. The van der Waals surface area contributed by atoms with Crippen molar-refractivity contribution in [1.82, 2.24) is 5.32 Å². The van der Waals surface area contributed by atoms with Crippen LogP contribution in [0.5, 0.6) is 5.75 Å². The first kappa shape index (κ1) is 20.8. The van der Waals surface area contributed by atoms with Gasteiger partial charge in [0.15, 0.2) is 0 Å². The highest BCUT2D eigenvalue weighted by molar-refractivity contribution is 5.45. The number of nitrogens with two attached hydrogens (primary N) is 1. The molecule has 5 heteroatoms. The van der Waals surface area contributed by atoms with Gasteiger partial charge < -0.3 is 10.5 Å². The second kappa shape index (κ2) is 9.05. The summed E-state index contributed by atoms with van der Waals surface area (Å²) in [7, 11) is 0. The molecule has 0 saturated heterocycles. The minimum Gasteiger partial charge on any atom is -0.491 e. The van der Waals surface area contributed by atoms with Crippen molar-refractivity contribution >= 4 is 5.69 Å². The van der Waals surface area contributed by atoms with E-state index in [0.717, 1.165) is 22.9 Å². The average molecular weight is 396 g/mol. The molecule has 0 aromatic heterocycles. The number of nitrogens with one attached hydrogen (secondary N) is 1. The van der Waals surface area contributed by atoms with Gasteiger partial charge in [0.25, 0.3) is 0 Å². The fourth-order valence-electron chi connectivity index (χ4n) is 3.31. The average Bonchev–Trinajstić information content (AvgIpc) is 2.65. The molecule has 152 valence electrons. The van der Waals surface area contributed by atoms with E-state index in [1.807, 2.05) is 69.3 Å². The van der Waals surface area contributed by atoms with Gasteiger partial charge in [0, 0.05) is 17.8 Å². The van der Waals surface area contributed by atoms with E-state index in [1.165, 1.54) is 12.1 Å². The quantitative estimate of drug-likeness (QED) is 0.498. The second-order valence-electron chi connectivity index (χ2n) is 7.43. The molecular formula is C24H26F2N2O. The Hall–Kier alpha value is -2.92. The maximum atomic E-state index is 13.7. The summed E-state index contributed by atoms with van der Waals surface area (Å²) in [4.78, 5) is 0. The van der Waals surface area contributed by atoms with E-state index in [0.29, 0.717) is 11.3 Å². The van der Waals surface area contributed by atoms with Gasteiger partial charge in [-0.1, -0.05) is 24.3 Å². The molecule has 2 unspecified atom stereocenters. The monoisotopic (exact) mass is 396 g/mol. The molecule has 0 aliphatic carbocycles. The number of nitrogen functional groups attached to an aromatic ring is 1. The SMILES string of the molecule is CC(C)Oc1ccc(C(NC(C)c2cc(F)cc(F)c2)c2cccc(N)c2)cc1. The van der Waals surface area contributed by atoms with Crippen molar-refractivity contribution < 1.29 is 13.5 Å². The Bertz CT molecular complexity index is 937. The molecule has 29 heavy (non-hydrogen) atoms. The fourth-order valence-corrected chi connectivity index (χ4v) is 3.31. The molecule has 2 atom stereocenters. The van der Waals surface area contributed by atoms with Crippen LogP contribution >= 0.6 is 0 Å². The van der Waals surface area contributed by atoms with E-state index in [4.69, 9.17) is 10.5 Å². The summed E-state index contributed by atoms with van der Waals surface area (Å²) in [5.41, 5.74) is 9.14. The van der Waals surface area contributed by atoms with Crippen molar-refractivity contribution in [3.8, 4) is 5.75 Å². The Morgan fingerprint density at radius 2 is 1.45 bits per heavy atom. The smallest absolute Gasteiger partial charge is 0.126 e. The predicted octanol–water partition coefficient (Wildman–Crippen LogP) is 5.77. The van der Waals surface area contributed by atoms with E-state index in [-0.39, 0.29) is 18.2 Å². The number of hydrogen-bond donors (Lipinski definition) is 2. The van der Waals surface area contributed by atoms with Crippen molar-refractivity contribution in [3.05, 3.63) is 95.1 Å². The third-order valence-corrected chi connectivity index (χ3v) is 4.63. The van der Waals surface area contributed by atoms with Crippen LogP contribution in [0.2, 0.25) is 0 Å². The zero-order valence-corrected chi connectivity index (χ0v) is 16.8. The highest BCUT2D eigenvalue weighted by Gasteiger charge is 2.19. The minimum absolute atomic E-state index is 0.0894. The summed E-state index contributed by atoms with van der Waals surface area (Å²) in [6.45, 7) is 5.83. The van der Waals surface area contributed by atoms with Crippen LogP contribution in [-0.2, 0) is 0 Å². The molecule has 3 aromatic rings. The Labute approximate surface area is 170 Å². The molecule has 0 spiro atoms. The van der Waals surface area contributed by atoms with E-state index in [1.54, 1.807) is 0 Å². The summed E-state index contributed by atoms with van der Waals surface area (Å²) in [5, 5.41) is 3.48. The fraction of sp³-hybridized carbons (Fsp3) is 0.250. The first-order chi connectivity index (χ1) is 13.8. The molecule has 3 nitrogen and oxygen atoms in total. The molecule has 0 radical (unpaired) electrons. The molecule has 0 amide bonds. The van der Waals surface area contributed by atoms with Crippen LogP contribution in [0.25, 0.3) is 0 Å². The molecule has 3 N–H and O–H groups in total. The lowest BCUT2D eigenvalue weighted by Crippen LogP contribution is -2.26. The van der Waals surface area contributed by atoms with E-state index >= 15 is 0 Å². The Morgan fingerprint density at radius 3 is 2.03 bits per heavy atom. The predicted molar refractivity (Wildman–Crippen MR) is 113 cm³/mol. The molecule has 0 aliphatic heterocycles. The minimum atomic E-state index is -0.593. The summed E-state index contributed by atoms with van der Waals surface area (Å²) in [5.74, 6) is -0.399. The van der Waals surface area contributed by atoms with Gasteiger partial charge >= 0.3 is 0 Å². The largest absolute Gasteiger partial charge is 0.491 e. The van der Waals surface area contributed by atoms with E-state index < -0.39 is 11.6 Å². The summed E-state index contributed by atoms with van der Waals surface area (Å²) >= 11 is 0. The van der Waals surface area contributed by atoms with E-state index in [2.05, 4.69) is 5.32 Å². The number of benzene rings is 3. The van der Waals surface area contributed by atoms with Crippen molar-refractivity contribution in [2.45, 2.75) is 39.0 Å². The van der Waals surface area contributed by atoms with Crippen molar-refractivity contribution in [2.75, 3.05) is 5.73 Å². The summed E-state index contributed by atoms with van der Waals surface area (Å²) in [6, 6.07) is 18.5. The molecule has 0 fully saturated rings. The van der Waals surface area contributed by atoms with Gasteiger partial charge in [-0.05, 0) is 73.9 Å². The maximum absolute atomic E-state index is 13.7. The third-order valence-electron chi connectivity index (χ3n) is 4.63. The lowest BCUT2D eigenvalue weighted by Gasteiger charge is -2.25. The normalized spacial score (nSPS) is 13.3. The number of halogens is 2. The Kier molecular flexibility index (Phi) is 6.49. The molecule has 3 aromatic carbocycles. The molecule has 3 rings (SSSR count). The van der Waals surface area contributed by atoms with Crippen LogP contribution in [0.15, 0.2) is 66.7 Å². The van der Waals surface area contributed by atoms with Crippen LogP contribution in [-0.4, -0.2) is 6.10 Å². The topological polar surface area (TPSA) is 47.3 Å². The number of rotatable bonds is 7. The van der Waals surface area contributed by atoms with Gasteiger partial charge in [-0.2, -0.15) is 0 Å². The summed E-state index contributed by atoms with van der Waals surface area (Å²) < 4.78 is 33.1. The Balaban J connectivity index is 1.93. The first-order valence-corrected chi connectivity index (χ1v) is 9.66. The zero-order chi connectivity index (χ0) is 21.0. The highest BCUT2D eigenvalue weighted by Crippen LogP contribution is 2.29. The standard InChI is InChI=1S/C24H26F2N2O/c1-15(2)29-23-9-7-17(8-10-23)24(18-5-4-6-22(27)13-18)28-16(3)19-11-20(25)14-21(26)12-19/h4-16,24,28H,27H2,1-3H3. The van der Waals surface area contributed by atoms with Crippen LogP contribution in [0.3, 0.4) is 0 Å². The van der Waals surface area contributed by atoms with E-state index in [9.17, 15) is 8.78 Å². The molecule has 0 aliphatic rings. The molecule has 0 heterocycles. The van der Waals surface area contributed by atoms with Gasteiger partial charge in [0.2, 0.25) is 0 Å². The van der Waals surface area contributed by atoms with Crippen LogP contribution in [0.1, 0.15) is 49.5 Å². The summed E-state index contributed by atoms with van der Waals surface area (Å²) in [6.07, 6.45) is 0.0894. The first-order valence-electron chi connectivity index (χ1n) is 9.66. The zero-order valence-electron chi connectivity index (χ0n) is 16.8. The second-order valence-corrected chi connectivity index (χ2v) is 7.43. The van der Waals surface area contributed by atoms with Crippen molar-refractivity contribution in [3.63, 3.8) is 0 Å². The lowest BCUT2D eigenvalue weighted by molar-refractivity contribution is 0.242. The lowest BCUT2D eigenvalue weighted by atomic mass is 9.96. The van der Waals surface area contributed by atoms with Crippen LogP contribution < -0.4 is 15.8 Å².